The molecule has 0 aromatic rings. The Morgan fingerprint density at radius 1 is 1.20 bits per heavy atom. The Hall–Kier alpha value is -0.830. The van der Waals surface area contributed by atoms with Crippen LogP contribution in [-0.2, 0) is 9.53 Å². The highest BCUT2D eigenvalue weighted by molar-refractivity contribution is 5.99. The van der Waals surface area contributed by atoms with E-state index in [1.165, 1.54) is 38.5 Å². The van der Waals surface area contributed by atoms with Gasteiger partial charge in [0.15, 0.2) is 5.60 Å². The summed E-state index contributed by atoms with van der Waals surface area (Å²) in [5.74, 6) is 3.84. The molecule has 4 aliphatic carbocycles. The molecule has 0 spiro atoms. The molecule has 1 aliphatic heterocycles. The summed E-state index contributed by atoms with van der Waals surface area (Å²) >= 11 is 0. The summed E-state index contributed by atoms with van der Waals surface area (Å²) in [5.41, 5.74) is -0.469. The van der Waals surface area contributed by atoms with Crippen molar-refractivity contribution in [3.8, 4) is 0 Å². The van der Waals surface area contributed by atoms with E-state index in [2.05, 4.69) is 5.32 Å². The summed E-state index contributed by atoms with van der Waals surface area (Å²) < 4.78 is 6.24. The summed E-state index contributed by atoms with van der Waals surface area (Å²) in [6, 6.07) is 0. The van der Waals surface area contributed by atoms with E-state index in [1.807, 2.05) is 20.0 Å². The average Bonchev–Trinajstić information content (AvgIpc) is 2.65. The van der Waals surface area contributed by atoms with E-state index in [9.17, 15) is 4.79 Å². The predicted octanol–water partition coefficient (Wildman–Crippen LogP) is 2.66. The second-order valence-corrected chi connectivity index (χ2v) is 7.93. The Morgan fingerprint density at radius 2 is 1.75 bits per heavy atom. The highest BCUT2D eigenvalue weighted by Crippen LogP contribution is 2.63. The Labute approximate surface area is 121 Å². The fourth-order valence-electron chi connectivity index (χ4n) is 5.73. The Morgan fingerprint density at radius 3 is 2.25 bits per heavy atom. The van der Waals surface area contributed by atoms with E-state index in [1.54, 1.807) is 0 Å². The molecular formula is C17H25NO2. The smallest absolute Gasteiger partial charge is 0.203 e. The van der Waals surface area contributed by atoms with Gasteiger partial charge < -0.3 is 10.1 Å². The second-order valence-electron chi connectivity index (χ2n) is 7.93. The van der Waals surface area contributed by atoms with Crippen LogP contribution < -0.4 is 5.32 Å². The van der Waals surface area contributed by atoms with Gasteiger partial charge in [0, 0.05) is 18.0 Å². The molecule has 5 aliphatic rings. The van der Waals surface area contributed by atoms with Crippen LogP contribution in [0.25, 0.3) is 0 Å². The number of hydrogen-bond donors (Lipinski definition) is 1. The van der Waals surface area contributed by atoms with Crippen LogP contribution in [0.2, 0.25) is 0 Å². The number of nitrogens with one attached hydrogen (secondary N) is 1. The Balaban J connectivity index is 1.62. The first-order valence-corrected chi connectivity index (χ1v) is 8.13. The zero-order valence-corrected chi connectivity index (χ0v) is 12.6. The van der Waals surface area contributed by atoms with Gasteiger partial charge in [-0.25, -0.2) is 0 Å². The van der Waals surface area contributed by atoms with E-state index in [4.69, 9.17) is 4.74 Å². The molecule has 0 aromatic heterocycles. The third-order valence-electron chi connectivity index (χ3n) is 6.19. The summed E-state index contributed by atoms with van der Waals surface area (Å²) in [7, 11) is 1.88. The molecule has 0 amide bonds. The first-order valence-electron chi connectivity index (χ1n) is 8.13. The van der Waals surface area contributed by atoms with Gasteiger partial charge in [-0.15, -0.1) is 0 Å². The van der Waals surface area contributed by atoms with Gasteiger partial charge in [0.1, 0.15) is 5.76 Å². The molecule has 1 atom stereocenters. The number of rotatable bonds is 3. The lowest BCUT2D eigenvalue weighted by atomic mass is 9.49. The number of carbonyl (C=O) groups is 1. The van der Waals surface area contributed by atoms with Crippen LogP contribution in [0.3, 0.4) is 0 Å². The van der Waals surface area contributed by atoms with Crippen molar-refractivity contribution in [2.75, 3.05) is 13.6 Å². The van der Waals surface area contributed by atoms with Crippen molar-refractivity contribution in [3.63, 3.8) is 0 Å². The van der Waals surface area contributed by atoms with E-state index < -0.39 is 5.60 Å². The van der Waals surface area contributed by atoms with Gasteiger partial charge in [0.05, 0.1) is 0 Å². The molecule has 4 saturated carbocycles. The van der Waals surface area contributed by atoms with Gasteiger partial charge in [0.2, 0.25) is 5.78 Å². The number of allylic oxidation sites excluding steroid dienone is 1. The molecule has 110 valence electrons. The van der Waals surface area contributed by atoms with E-state index >= 15 is 0 Å². The minimum Gasteiger partial charge on any atom is -0.482 e. The number of carbonyl (C=O) groups excluding carboxylic acids is 1. The van der Waals surface area contributed by atoms with Crippen LogP contribution in [0.4, 0.5) is 0 Å². The molecule has 0 radical (unpaired) electrons. The van der Waals surface area contributed by atoms with E-state index in [0.29, 0.717) is 6.54 Å². The van der Waals surface area contributed by atoms with Crippen LogP contribution >= 0.6 is 0 Å². The minimum absolute atomic E-state index is 0.151. The zero-order valence-electron chi connectivity index (χ0n) is 12.6. The van der Waals surface area contributed by atoms with E-state index in [-0.39, 0.29) is 11.2 Å². The van der Waals surface area contributed by atoms with Crippen molar-refractivity contribution < 1.29 is 9.53 Å². The maximum Gasteiger partial charge on any atom is 0.203 e. The molecule has 4 bridgehead atoms. The largest absolute Gasteiger partial charge is 0.482 e. The summed E-state index contributed by atoms with van der Waals surface area (Å²) in [6.07, 6.45) is 9.89. The van der Waals surface area contributed by atoms with Crippen molar-refractivity contribution >= 4 is 5.78 Å². The molecular weight excluding hydrogens is 250 g/mol. The first-order chi connectivity index (χ1) is 9.53. The van der Waals surface area contributed by atoms with Crippen LogP contribution in [-0.4, -0.2) is 25.0 Å². The number of likely N-dealkylation sites (N-methyl/N-ethyl adjacent to an activating group) is 1. The van der Waals surface area contributed by atoms with Crippen LogP contribution in [0.5, 0.6) is 0 Å². The third kappa shape index (κ3) is 1.71. The SMILES string of the molecule is CNCC1(C)OC(C23CC4CC(CC(C4)C2)C3)=CC1=O. The van der Waals surface area contributed by atoms with Gasteiger partial charge in [0.25, 0.3) is 0 Å². The molecule has 3 heteroatoms. The maximum absolute atomic E-state index is 12.3. The Bertz CT molecular complexity index is 446. The van der Waals surface area contributed by atoms with Crippen molar-refractivity contribution in [3.05, 3.63) is 11.8 Å². The second kappa shape index (κ2) is 4.09. The van der Waals surface area contributed by atoms with E-state index in [0.717, 1.165) is 23.5 Å². The summed E-state index contributed by atoms with van der Waals surface area (Å²) in [6.45, 7) is 2.52. The molecule has 3 nitrogen and oxygen atoms in total. The quantitative estimate of drug-likeness (QED) is 0.860. The lowest BCUT2D eigenvalue weighted by Crippen LogP contribution is -2.48. The van der Waals surface area contributed by atoms with Gasteiger partial charge in [-0.1, -0.05) is 0 Å². The first kappa shape index (κ1) is 12.9. The zero-order chi connectivity index (χ0) is 14.0. The molecule has 20 heavy (non-hydrogen) atoms. The topological polar surface area (TPSA) is 38.3 Å². The predicted molar refractivity (Wildman–Crippen MR) is 77.1 cm³/mol. The van der Waals surface area contributed by atoms with Crippen molar-refractivity contribution in [2.45, 2.75) is 51.0 Å². The highest BCUT2D eigenvalue weighted by atomic mass is 16.5. The summed E-state index contributed by atoms with van der Waals surface area (Å²) in [5, 5.41) is 3.10. The number of ether oxygens (including phenoxy) is 1. The van der Waals surface area contributed by atoms with Gasteiger partial charge in [-0.3, -0.25) is 4.79 Å². The molecule has 0 saturated heterocycles. The molecule has 5 rings (SSSR count). The van der Waals surface area contributed by atoms with Gasteiger partial charge >= 0.3 is 0 Å². The van der Waals surface area contributed by atoms with Crippen LogP contribution in [0.15, 0.2) is 11.8 Å². The van der Waals surface area contributed by atoms with Gasteiger partial charge in [-0.2, -0.15) is 0 Å². The lowest BCUT2D eigenvalue weighted by Gasteiger charge is -2.56. The van der Waals surface area contributed by atoms with Crippen molar-refractivity contribution in [2.24, 2.45) is 23.2 Å². The Kier molecular flexibility index (Phi) is 2.64. The highest BCUT2D eigenvalue weighted by Gasteiger charge is 2.56. The van der Waals surface area contributed by atoms with Gasteiger partial charge in [-0.05, 0) is 70.3 Å². The van der Waals surface area contributed by atoms with Crippen molar-refractivity contribution in [1.82, 2.24) is 5.32 Å². The third-order valence-corrected chi connectivity index (χ3v) is 6.19. The molecule has 4 fully saturated rings. The number of hydrogen-bond acceptors (Lipinski definition) is 3. The summed E-state index contributed by atoms with van der Waals surface area (Å²) in [4.78, 5) is 12.3. The normalized spacial score (nSPS) is 49.4. The molecule has 1 N–H and O–H groups in total. The molecule has 0 aromatic carbocycles. The maximum atomic E-state index is 12.3. The molecule has 1 unspecified atom stereocenters. The fraction of sp³-hybridized carbons (Fsp3) is 0.824. The molecule has 1 heterocycles. The monoisotopic (exact) mass is 275 g/mol. The van der Waals surface area contributed by atoms with Crippen LogP contribution in [0, 0.1) is 23.2 Å². The average molecular weight is 275 g/mol. The standard InChI is InChI=1S/C17H25NO2/c1-16(10-18-2)14(19)6-15(20-16)17-7-11-3-12(8-17)5-13(4-11)9-17/h6,11-13,18H,3-5,7-10H2,1-2H3. The van der Waals surface area contributed by atoms with Crippen molar-refractivity contribution in [1.29, 1.82) is 0 Å². The minimum atomic E-state index is -0.673. The lowest BCUT2D eigenvalue weighted by molar-refractivity contribution is -0.131. The van der Waals surface area contributed by atoms with Crippen LogP contribution in [0.1, 0.15) is 45.4 Å². The number of ketones is 1. The fourth-order valence-corrected chi connectivity index (χ4v) is 5.73.